The minimum atomic E-state index is -0.212. The van der Waals surface area contributed by atoms with Gasteiger partial charge in [-0.25, -0.2) is 0 Å². The minimum Gasteiger partial charge on any atom is -0.370 e. The molecule has 14 heavy (non-hydrogen) atoms. The molecule has 0 saturated carbocycles. The summed E-state index contributed by atoms with van der Waals surface area (Å²) < 4.78 is 0. The second-order valence-corrected chi connectivity index (χ2v) is 4.19. The van der Waals surface area contributed by atoms with E-state index in [4.69, 9.17) is 16.9 Å². The number of carbonyl (C=O) groups is 1. The Morgan fingerprint density at radius 2 is 2.36 bits per heavy atom. The van der Waals surface area contributed by atoms with E-state index in [9.17, 15) is 4.79 Å². The van der Waals surface area contributed by atoms with Crippen molar-refractivity contribution >= 4 is 28.8 Å². The molecule has 1 fully saturated rings. The number of carbonyl (C=O) groups excluding carboxylic acids is 1. The lowest BCUT2D eigenvalue weighted by molar-refractivity contribution is -0.126. The lowest BCUT2D eigenvalue weighted by atomic mass is 10.4. The molecule has 1 rings (SSSR count). The van der Waals surface area contributed by atoms with Gasteiger partial charge in [0.2, 0.25) is 5.91 Å². The highest BCUT2D eigenvalue weighted by molar-refractivity contribution is 8.14. The molecule has 7 heteroatoms. The van der Waals surface area contributed by atoms with Gasteiger partial charge in [-0.15, -0.1) is 0 Å². The molecule has 0 aromatic rings. The van der Waals surface area contributed by atoms with Gasteiger partial charge in [-0.2, -0.15) is 4.99 Å². The van der Waals surface area contributed by atoms with Crippen molar-refractivity contribution in [2.75, 3.05) is 13.6 Å². The molecule has 0 aromatic heterocycles. The van der Waals surface area contributed by atoms with Gasteiger partial charge >= 0.3 is 0 Å². The molecule has 0 bridgehead atoms. The zero-order valence-electron chi connectivity index (χ0n) is 7.86. The number of hydrogen-bond acceptors (Lipinski definition) is 3. The number of nitrogens with two attached hydrogens (primary N) is 2. The van der Waals surface area contributed by atoms with Crippen LogP contribution >= 0.6 is 11.8 Å². The third kappa shape index (κ3) is 2.63. The summed E-state index contributed by atoms with van der Waals surface area (Å²) >= 11 is 1.09. The van der Waals surface area contributed by atoms with Gasteiger partial charge < -0.3 is 16.4 Å². The smallest absolute Gasteiger partial charge is 0.235 e. The molecular formula is C7H13N5OS. The summed E-state index contributed by atoms with van der Waals surface area (Å²) in [5, 5.41) is 7.16. The molecule has 1 unspecified atom stereocenters. The molecule has 6 nitrogen and oxygen atoms in total. The summed E-state index contributed by atoms with van der Waals surface area (Å²) in [6, 6.07) is 0. The van der Waals surface area contributed by atoms with E-state index in [0.717, 1.165) is 24.7 Å². The van der Waals surface area contributed by atoms with Gasteiger partial charge in [0.25, 0.3) is 0 Å². The van der Waals surface area contributed by atoms with Crippen LogP contribution in [-0.2, 0) is 4.79 Å². The third-order valence-electron chi connectivity index (χ3n) is 1.86. The first-order chi connectivity index (χ1) is 6.50. The predicted molar refractivity (Wildman–Crippen MR) is 57.2 cm³/mol. The van der Waals surface area contributed by atoms with E-state index in [1.165, 1.54) is 0 Å². The summed E-state index contributed by atoms with van der Waals surface area (Å²) in [4.78, 5) is 16.6. The molecule has 0 radical (unpaired) electrons. The molecule has 0 aliphatic carbocycles. The fourth-order valence-electron chi connectivity index (χ4n) is 1.18. The normalized spacial score (nSPS) is 21.1. The molecule has 1 atom stereocenters. The van der Waals surface area contributed by atoms with Crippen LogP contribution in [0.3, 0.4) is 0 Å². The van der Waals surface area contributed by atoms with Crippen LogP contribution in [0, 0.1) is 5.41 Å². The summed E-state index contributed by atoms with van der Waals surface area (Å²) in [6.07, 6.45) is 0.738. The topological polar surface area (TPSA) is 109 Å². The Hall–Kier alpha value is -1.24. The van der Waals surface area contributed by atoms with E-state index < -0.39 is 0 Å². The van der Waals surface area contributed by atoms with Gasteiger partial charge in [0.1, 0.15) is 0 Å². The third-order valence-corrected chi connectivity index (χ3v) is 2.90. The van der Waals surface area contributed by atoms with E-state index in [2.05, 4.69) is 4.99 Å². The zero-order chi connectivity index (χ0) is 10.7. The van der Waals surface area contributed by atoms with Crippen molar-refractivity contribution in [1.82, 2.24) is 4.90 Å². The minimum absolute atomic E-state index is 0.0151. The van der Waals surface area contributed by atoms with Crippen molar-refractivity contribution in [3.63, 3.8) is 0 Å². The number of likely N-dealkylation sites (tertiary alicyclic amines) is 1. The standard InChI is InChI=1S/C7H13N5OS/c1-12-3-2-4(5(12)13)14-7(10)11-6(8)9/h4H,2-3H2,1H3,(H5,8,9,10,11). The second-order valence-electron chi connectivity index (χ2n) is 3.00. The molecule has 1 heterocycles. The molecular weight excluding hydrogens is 202 g/mol. The second kappa shape index (κ2) is 4.32. The molecule has 1 amide bonds. The zero-order valence-corrected chi connectivity index (χ0v) is 8.67. The molecule has 0 aromatic carbocycles. The van der Waals surface area contributed by atoms with Crippen LogP contribution in [0.4, 0.5) is 0 Å². The van der Waals surface area contributed by atoms with Gasteiger partial charge in [-0.05, 0) is 6.42 Å². The Morgan fingerprint density at radius 1 is 1.71 bits per heavy atom. The summed E-state index contributed by atoms with van der Waals surface area (Å²) in [7, 11) is 1.74. The van der Waals surface area contributed by atoms with E-state index in [-0.39, 0.29) is 22.3 Å². The maximum absolute atomic E-state index is 11.4. The van der Waals surface area contributed by atoms with Crippen molar-refractivity contribution in [3.8, 4) is 0 Å². The number of nitrogens with zero attached hydrogens (tertiary/aromatic N) is 2. The van der Waals surface area contributed by atoms with Gasteiger partial charge in [0, 0.05) is 13.6 Å². The van der Waals surface area contributed by atoms with E-state index >= 15 is 0 Å². The fraction of sp³-hybridized carbons (Fsp3) is 0.571. The molecule has 0 spiro atoms. The number of amidine groups is 1. The highest BCUT2D eigenvalue weighted by Gasteiger charge is 2.30. The Morgan fingerprint density at radius 3 is 2.79 bits per heavy atom. The molecule has 1 aliphatic heterocycles. The Bertz CT molecular complexity index is 286. The van der Waals surface area contributed by atoms with Crippen molar-refractivity contribution in [1.29, 1.82) is 5.41 Å². The van der Waals surface area contributed by atoms with Gasteiger partial charge in [-0.1, -0.05) is 11.8 Å². The average Bonchev–Trinajstić information content (AvgIpc) is 2.34. The fourth-order valence-corrected chi connectivity index (χ4v) is 2.11. The van der Waals surface area contributed by atoms with Crippen molar-refractivity contribution < 1.29 is 4.79 Å². The first-order valence-electron chi connectivity index (χ1n) is 4.10. The van der Waals surface area contributed by atoms with E-state index in [0.29, 0.717) is 0 Å². The number of amides is 1. The van der Waals surface area contributed by atoms with E-state index in [1.54, 1.807) is 11.9 Å². The summed E-state index contributed by atoms with van der Waals surface area (Å²) in [6.45, 7) is 0.728. The van der Waals surface area contributed by atoms with Crippen molar-refractivity contribution in [2.24, 2.45) is 16.5 Å². The Kier molecular flexibility index (Phi) is 3.34. The highest BCUT2D eigenvalue weighted by Crippen LogP contribution is 2.23. The number of nitrogens with one attached hydrogen (secondary N) is 1. The Balaban J connectivity index is 2.50. The number of rotatable bonds is 1. The maximum atomic E-state index is 11.4. The predicted octanol–water partition coefficient (Wildman–Crippen LogP) is -0.842. The number of aliphatic imine (C=N–C) groups is 1. The maximum Gasteiger partial charge on any atom is 0.235 e. The van der Waals surface area contributed by atoms with Gasteiger partial charge in [0.15, 0.2) is 11.1 Å². The lowest BCUT2D eigenvalue weighted by Gasteiger charge is -2.08. The van der Waals surface area contributed by atoms with Crippen LogP contribution in [0.1, 0.15) is 6.42 Å². The van der Waals surface area contributed by atoms with Crippen LogP contribution in [-0.4, -0.2) is 40.8 Å². The monoisotopic (exact) mass is 215 g/mol. The van der Waals surface area contributed by atoms with Crippen molar-refractivity contribution in [2.45, 2.75) is 11.7 Å². The van der Waals surface area contributed by atoms with Gasteiger partial charge in [0.05, 0.1) is 5.25 Å². The summed E-state index contributed by atoms with van der Waals surface area (Å²) in [5.41, 5.74) is 10.2. The quantitative estimate of drug-likeness (QED) is 0.391. The number of thioether (sulfide) groups is 1. The number of guanidine groups is 1. The van der Waals surface area contributed by atoms with Gasteiger partial charge in [-0.3, -0.25) is 10.2 Å². The first kappa shape index (κ1) is 10.8. The van der Waals surface area contributed by atoms with Crippen LogP contribution in [0.2, 0.25) is 0 Å². The van der Waals surface area contributed by atoms with Crippen molar-refractivity contribution in [3.05, 3.63) is 0 Å². The van der Waals surface area contributed by atoms with Crippen LogP contribution in [0.25, 0.3) is 0 Å². The SMILES string of the molecule is CN1CCC(SC(=N)N=C(N)N)C1=O. The summed E-state index contributed by atoms with van der Waals surface area (Å²) in [5.74, 6) is -0.119. The van der Waals surface area contributed by atoms with E-state index in [1.807, 2.05) is 0 Å². The number of hydrogen-bond donors (Lipinski definition) is 3. The van der Waals surface area contributed by atoms with Crippen LogP contribution in [0.15, 0.2) is 4.99 Å². The highest BCUT2D eigenvalue weighted by atomic mass is 32.2. The molecule has 1 aliphatic rings. The van der Waals surface area contributed by atoms with Crippen LogP contribution < -0.4 is 11.5 Å². The first-order valence-corrected chi connectivity index (χ1v) is 4.98. The largest absolute Gasteiger partial charge is 0.370 e. The molecule has 5 N–H and O–H groups in total. The lowest BCUT2D eigenvalue weighted by Crippen LogP contribution is -2.26. The Labute approximate surface area is 86.2 Å². The molecule has 78 valence electrons. The van der Waals surface area contributed by atoms with Crippen LogP contribution in [0.5, 0.6) is 0 Å². The molecule has 1 saturated heterocycles. The average molecular weight is 215 g/mol.